The zero-order valence-electron chi connectivity index (χ0n) is 24.9. The fourth-order valence-corrected chi connectivity index (χ4v) is 4.70. The third kappa shape index (κ3) is 24.5. The monoisotopic (exact) mass is 588 g/mol. The third-order valence-electron chi connectivity index (χ3n) is 6.27. The summed E-state index contributed by atoms with van der Waals surface area (Å²) in [6, 6.07) is -1.01. The highest BCUT2D eigenvalue weighted by molar-refractivity contribution is 7.47. The number of aliphatic hydroxyl groups excluding tert-OH is 2. The van der Waals surface area contributed by atoms with Gasteiger partial charge < -0.3 is 26.2 Å². The van der Waals surface area contributed by atoms with Gasteiger partial charge in [-0.05, 0) is 32.1 Å². The van der Waals surface area contributed by atoms with Crippen LogP contribution in [0, 0.1) is 0 Å². The van der Waals surface area contributed by atoms with E-state index in [9.17, 15) is 24.5 Å². The minimum atomic E-state index is -4.39. The maximum Gasteiger partial charge on any atom is 0.472 e. The normalized spacial score (nSPS) is 16.1. The number of carbonyl (C=O) groups is 1. The summed E-state index contributed by atoms with van der Waals surface area (Å²) in [5.74, 6) is -0.521. The van der Waals surface area contributed by atoms with Crippen LogP contribution in [-0.2, 0) is 18.4 Å². The second-order valence-electron chi connectivity index (χ2n) is 10.1. The van der Waals surface area contributed by atoms with Crippen molar-refractivity contribution in [3.05, 3.63) is 36.5 Å². The standard InChI is InChI=1S/C30H57N2O7P/c1-3-5-7-9-11-12-13-14-16-17-19-21-27(33)25-30(35)32-28(26-39-40(36,37)38-24-23-31)29(34)22-20-18-15-10-8-6-4-2/h14,16,19-22,27-29,33-34H,3-13,15,17-18,23-26,31H2,1-2H3,(H,32,35)(H,36,37)/b16-14-,21-19-,22-20+. The maximum atomic E-state index is 12.6. The Kier molecular flexibility index (Phi) is 25.7. The Balaban J connectivity index is 4.68. The summed E-state index contributed by atoms with van der Waals surface area (Å²) >= 11 is 0. The van der Waals surface area contributed by atoms with Crippen molar-refractivity contribution in [1.29, 1.82) is 0 Å². The Morgan fingerprint density at radius 3 is 2.08 bits per heavy atom. The summed E-state index contributed by atoms with van der Waals surface area (Å²) in [4.78, 5) is 22.3. The van der Waals surface area contributed by atoms with Gasteiger partial charge in [-0.3, -0.25) is 13.8 Å². The highest BCUT2D eigenvalue weighted by Gasteiger charge is 2.27. The number of hydrogen-bond acceptors (Lipinski definition) is 7. The molecular weight excluding hydrogens is 531 g/mol. The topological polar surface area (TPSA) is 151 Å². The molecule has 0 saturated carbocycles. The first-order valence-electron chi connectivity index (χ1n) is 15.2. The van der Waals surface area contributed by atoms with E-state index in [0.717, 1.165) is 25.7 Å². The Labute approximate surface area is 242 Å². The van der Waals surface area contributed by atoms with Crippen molar-refractivity contribution in [2.45, 2.75) is 128 Å². The summed E-state index contributed by atoms with van der Waals surface area (Å²) in [5.41, 5.74) is 5.30. The smallest absolute Gasteiger partial charge is 0.389 e. The molecule has 0 heterocycles. The summed E-state index contributed by atoms with van der Waals surface area (Å²) in [7, 11) is -4.39. The molecule has 40 heavy (non-hydrogen) atoms. The van der Waals surface area contributed by atoms with Crippen LogP contribution in [0.15, 0.2) is 36.5 Å². The molecular formula is C30H57N2O7P. The van der Waals surface area contributed by atoms with Gasteiger partial charge in [-0.1, -0.05) is 108 Å². The lowest BCUT2D eigenvalue weighted by Gasteiger charge is -2.23. The number of phosphoric acid groups is 1. The zero-order chi connectivity index (χ0) is 29.9. The number of carbonyl (C=O) groups excluding carboxylic acids is 1. The van der Waals surface area contributed by atoms with Gasteiger partial charge in [-0.25, -0.2) is 4.57 Å². The van der Waals surface area contributed by atoms with E-state index < -0.39 is 38.6 Å². The molecule has 6 N–H and O–H groups in total. The fourth-order valence-electron chi connectivity index (χ4n) is 3.94. The third-order valence-corrected chi connectivity index (χ3v) is 7.26. The van der Waals surface area contributed by atoms with Crippen LogP contribution >= 0.6 is 7.82 Å². The lowest BCUT2D eigenvalue weighted by Crippen LogP contribution is -2.46. The zero-order valence-corrected chi connectivity index (χ0v) is 25.8. The first-order valence-corrected chi connectivity index (χ1v) is 16.7. The first-order chi connectivity index (χ1) is 19.3. The molecule has 0 aliphatic heterocycles. The van der Waals surface area contributed by atoms with Gasteiger partial charge in [-0.15, -0.1) is 0 Å². The molecule has 0 radical (unpaired) electrons. The van der Waals surface area contributed by atoms with Crippen molar-refractivity contribution in [2.75, 3.05) is 19.8 Å². The number of aliphatic hydroxyl groups is 2. The van der Waals surface area contributed by atoms with Gasteiger partial charge >= 0.3 is 7.82 Å². The molecule has 0 aliphatic rings. The van der Waals surface area contributed by atoms with E-state index in [0.29, 0.717) is 6.42 Å². The van der Waals surface area contributed by atoms with Crippen molar-refractivity contribution in [1.82, 2.24) is 5.32 Å². The lowest BCUT2D eigenvalue weighted by molar-refractivity contribution is -0.124. The fraction of sp³-hybridized carbons (Fsp3) is 0.767. The van der Waals surface area contributed by atoms with Gasteiger partial charge in [0.15, 0.2) is 0 Å². The van der Waals surface area contributed by atoms with Crippen LogP contribution in [0.3, 0.4) is 0 Å². The number of hydrogen-bond donors (Lipinski definition) is 5. The first kappa shape index (κ1) is 38.7. The molecule has 0 aromatic heterocycles. The van der Waals surface area contributed by atoms with E-state index in [-0.39, 0.29) is 19.6 Å². The second-order valence-corrected chi connectivity index (χ2v) is 11.6. The minimum Gasteiger partial charge on any atom is -0.389 e. The maximum absolute atomic E-state index is 12.6. The van der Waals surface area contributed by atoms with Crippen LogP contribution in [0.25, 0.3) is 0 Å². The Bertz CT molecular complexity index is 746. The van der Waals surface area contributed by atoms with E-state index in [1.807, 2.05) is 12.2 Å². The van der Waals surface area contributed by atoms with Crippen molar-refractivity contribution in [3.63, 3.8) is 0 Å². The highest BCUT2D eigenvalue weighted by Crippen LogP contribution is 2.43. The Morgan fingerprint density at radius 1 is 0.850 bits per heavy atom. The molecule has 0 aromatic carbocycles. The summed E-state index contributed by atoms with van der Waals surface area (Å²) < 4.78 is 21.7. The van der Waals surface area contributed by atoms with Gasteiger partial charge in [0.2, 0.25) is 5.91 Å². The average molecular weight is 589 g/mol. The van der Waals surface area contributed by atoms with Crippen molar-refractivity contribution in [2.24, 2.45) is 5.73 Å². The SMILES string of the molecule is CCCCCCC/C=C/C(O)C(COP(=O)(O)OCCN)NC(=O)CC(O)/C=C\C/C=C\CCCCCCCC. The van der Waals surface area contributed by atoms with Crippen LogP contribution in [0.1, 0.15) is 110 Å². The van der Waals surface area contributed by atoms with E-state index in [1.165, 1.54) is 57.8 Å². The van der Waals surface area contributed by atoms with Crippen LogP contribution in [0.2, 0.25) is 0 Å². The molecule has 0 spiro atoms. The predicted molar refractivity (Wildman–Crippen MR) is 163 cm³/mol. The summed E-state index contributed by atoms with van der Waals surface area (Å²) in [6.45, 7) is 3.79. The molecule has 0 aliphatic carbocycles. The number of amides is 1. The lowest BCUT2D eigenvalue weighted by atomic mass is 10.1. The second kappa shape index (κ2) is 26.6. The number of rotatable bonds is 27. The van der Waals surface area contributed by atoms with Crippen LogP contribution < -0.4 is 11.1 Å². The van der Waals surface area contributed by atoms with E-state index >= 15 is 0 Å². The van der Waals surface area contributed by atoms with Crippen molar-refractivity contribution in [3.8, 4) is 0 Å². The number of allylic oxidation sites excluding steroid dienone is 4. The molecule has 4 atom stereocenters. The molecule has 4 unspecified atom stereocenters. The minimum absolute atomic E-state index is 0.0397. The molecule has 234 valence electrons. The number of nitrogens with one attached hydrogen (secondary N) is 1. The van der Waals surface area contributed by atoms with E-state index in [2.05, 4.69) is 31.3 Å². The van der Waals surface area contributed by atoms with Crippen LogP contribution in [0.5, 0.6) is 0 Å². The average Bonchev–Trinajstić information content (AvgIpc) is 2.92. The molecule has 9 nitrogen and oxygen atoms in total. The predicted octanol–water partition coefficient (Wildman–Crippen LogP) is 5.85. The summed E-state index contributed by atoms with van der Waals surface area (Å²) in [5, 5.41) is 23.5. The highest BCUT2D eigenvalue weighted by atomic mass is 31.2. The number of phosphoric ester groups is 1. The molecule has 0 bridgehead atoms. The Hall–Kier alpha value is -1.32. The van der Waals surface area contributed by atoms with Gasteiger partial charge in [0.05, 0.1) is 37.9 Å². The van der Waals surface area contributed by atoms with Gasteiger partial charge in [0, 0.05) is 6.54 Å². The molecule has 1 amide bonds. The number of unbranched alkanes of at least 4 members (excludes halogenated alkanes) is 11. The Morgan fingerprint density at radius 2 is 1.45 bits per heavy atom. The van der Waals surface area contributed by atoms with Gasteiger partial charge in [-0.2, -0.15) is 0 Å². The van der Waals surface area contributed by atoms with Gasteiger partial charge in [0.25, 0.3) is 0 Å². The van der Waals surface area contributed by atoms with Crippen molar-refractivity contribution < 1.29 is 33.5 Å². The van der Waals surface area contributed by atoms with Crippen LogP contribution in [-0.4, -0.2) is 59.0 Å². The molecule has 0 aromatic rings. The largest absolute Gasteiger partial charge is 0.472 e. The molecule has 0 saturated heterocycles. The van der Waals surface area contributed by atoms with Crippen molar-refractivity contribution >= 4 is 13.7 Å². The molecule has 10 heteroatoms. The number of nitrogens with two attached hydrogens (primary N) is 1. The van der Waals surface area contributed by atoms with E-state index in [4.69, 9.17) is 14.8 Å². The van der Waals surface area contributed by atoms with Gasteiger partial charge in [0.1, 0.15) is 0 Å². The molecule has 0 fully saturated rings. The molecule has 0 rings (SSSR count). The quantitative estimate of drug-likeness (QED) is 0.0456. The van der Waals surface area contributed by atoms with E-state index in [1.54, 1.807) is 12.2 Å². The summed E-state index contributed by atoms with van der Waals surface area (Å²) in [6.07, 6.45) is 24.3. The van der Waals surface area contributed by atoms with Crippen LogP contribution in [0.4, 0.5) is 0 Å².